The number of benzene rings is 2. The molecule has 1 heterocycles. The van der Waals surface area contributed by atoms with Crippen LogP contribution in [0.3, 0.4) is 0 Å². The number of anilines is 1. The Kier molecular flexibility index (Phi) is 4.95. The molecule has 2 aromatic carbocycles. The average Bonchev–Trinajstić information content (AvgIpc) is 3.24. The second kappa shape index (κ2) is 7.70. The molecule has 1 aromatic heterocycles. The summed E-state index contributed by atoms with van der Waals surface area (Å²) in [5, 5.41) is 2.83. The molecule has 0 aliphatic heterocycles. The van der Waals surface area contributed by atoms with Gasteiger partial charge in [0.05, 0.1) is 5.56 Å². The summed E-state index contributed by atoms with van der Waals surface area (Å²) in [5.74, 6) is 0.145. The molecule has 3 N–H and O–H groups in total. The Morgan fingerprint density at radius 2 is 1.79 bits per heavy atom. The maximum absolute atomic E-state index is 12.4. The van der Waals surface area contributed by atoms with Gasteiger partial charge >= 0.3 is 6.09 Å². The molecule has 142 valence electrons. The Bertz CT molecular complexity index is 980. The summed E-state index contributed by atoms with van der Waals surface area (Å²) in [4.78, 5) is 24.6. The number of nitrogens with one attached hydrogen (secondary N) is 1. The van der Waals surface area contributed by atoms with Crippen LogP contribution >= 0.6 is 0 Å². The molecule has 4 rings (SSSR count). The van der Waals surface area contributed by atoms with Gasteiger partial charge in [0.1, 0.15) is 6.61 Å². The maximum Gasteiger partial charge on any atom is 0.418 e. The van der Waals surface area contributed by atoms with Gasteiger partial charge in [-0.05, 0) is 35.7 Å². The van der Waals surface area contributed by atoms with Crippen molar-refractivity contribution in [1.29, 1.82) is 0 Å². The minimum absolute atomic E-state index is 0.177. The average molecular weight is 375 g/mol. The van der Waals surface area contributed by atoms with E-state index < -0.39 is 6.09 Å². The number of amides is 1. The van der Waals surface area contributed by atoms with E-state index in [0.29, 0.717) is 17.2 Å². The predicted octanol–water partition coefficient (Wildman–Crippen LogP) is 3.74. The Morgan fingerprint density at radius 1 is 1.07 bits per heavy atom. The van der Waals surface area contributed by atoms with Gasteiger partial charge in [-0.1, -0.05) is 42.5 Å². The predicted molar refractivity (Wildman–Crippen MR) is 106 cm³/mol. The van der Waals surface area contributed by atoms with Crippen molar-refractivity contribution >= 4 is 17.7 Å². The Hall–Kier alpha value is -3.38. The highest BCUT2D eigenvalue weighted by Gasteiger charge is 2.34. The van der Waals surface area contributed by atoms with E-state index in [9.17, 15) is 9.59 Å². The zero-order valence-corrected chi connectivity index (χ0v) is 15.2. The zero-order chi connectivity index (χ0) is 19.5. The standard InChI is InChI=1S/C22H21N3O3/c23-20-12-19(20)16-6-8-18(9-7-16)24-21(26)17-10-11-25(13-17)22(27)28-14-15-4-2-1-3-5-15/h1-11,13,19-20H,12,14,23H2,(H,24,26)/t19-,20+/m0/s1. The smallest absolute Gasteiger partial charge is 0.418 e. The quantitative estimate of drug-likeness (QED) is 0.711. The van der Waals surface area contributed by atoms with Crippen molar-refractivity contribution < 1.29 is 14.3 Å². The second-order valence-electron chi connectivity index (χ2n) is 6.93. The van der Waals surface area contributed by atoms with Crippen LogP contribution in [0, 0.1) is 0 Å². The van der Waals surface area contributed by atoms with Crippen LogP contribution in [0.25, 0.3) is 0 Å². The van der Waals surface area contributed by atoms with Crippen LogP contribution in [0.1, 0.15) is 33.8 Å². The third-order valence-electron chi connectivity index (χ3n) is 4.81. The molecular weight excluding hydrogens is 354 g/mol. The topological polar surface area (TPSA) is 86.4 Å². The lowest BCUT2D eigenvalue weighted by Gasteiger charge is -2.06. The van der Waals surface area contributed by atoms with Gasteiger partial charge in [0.15, 0.2) is 0 Å². The van der Waals surface area contributed by atoms with Crippen LogP contribution in [0.2, 0.25) is 0 Å². The van der Waals surface area contributed by atoms with E-state index in [1.54, 1.807) is 6.07 Å². The SMILES string of the molecule is N[C@@H]1C[C@H]1c1ccc(NC(=O)c2ccn(C(=O)OCc3ccccc3)c2)cc1. The van der Waals surface area contributed by atoms with Crippen LogP contribution in [0.5, 0.6) is 0 Å². The van der Waals surface area contributed by atoms with Crippen molar-refractivity contribution in [3.63, 3.8) is 0 Å². The van der Waals surface area contributed by atoms with Crippen molar-refractivity contribution in [2.75, 3.05) is 5.32 Å². The first-order chi connectivity index (χ1) is 13.6. The lowest BCUT2D eigenvalue weighted by Crippen LogP contribution is -2.13. The van der Waals surface area contributed by atoms with Crippen molar-refractivity contribution in [2.24, 2.45) is 5.73 Å². The van der Waals surface area contributed by atoms with Crippen LogP contribution in [0.15, 0.2) is 73.1 Å². The summed E-state index contributed by atoms with van der Waals surface area (Å²) >= 11 is 0. The van der Waals surface area contributed by atoms with Crippen LogP contribution in [-0.2, 0) is 11.3 Å². The molecule has 2 atom stereocenters. The Balaban J connectivity index is 1.34. The van der Waals surface area contributed by atoms with Crippen LogP contribution in [-0.4, -0.2) is 22.6 Å². The first kappa shape index (κ1) is 18.0. The van der Waals surface area contributed by atoms with Gasteiger partial charge in [0.25, 0.3) is 5.91 Å². The number of rotatable bonds is 5. The van der Waals surface area contributed by atoms with Crippen LogP contribution < -0.4 is 11.1 Å². The molecule has 1 aliphatic carbocycles. The van der Waals surface area contributed by atoms with Gasteiger partial charge in [0.2, 0.25) is 0 Å². The van der Waals surface area contributed by atoms with Crippen molar-refractivity contribution in [2.45, 2.75) is 25.0 Å². The van der Waals surface area contributed by atoms with E-state index in [1.807, 2.05) is 54.6 Å². The number of aromatic nitrogens is 1. The van der Waals surface area contributed by atoms with E-state index in [1.165, 1.54) is 22.5 Å². The molecule has 6 heteroatoms. The number of nitrogens with zero attached hydrogens (tertiary/aromatic N) is 1. The Morgan fingerprint density at radius 3 is 2.46 bits per heavy atom. The van der Waals surface area contributed by atoms with E-state index in [2.05, 4.69) is 5.32 Å². The second-order valence-corrected chi connectivity index (χ2v) is 6.93. The molecule has 0 bridgehead atoms. The lowest BCUT2D eigenvalue weighted by atomic mass is 10.1. The fraction of sp³-hybridized carbons (Fsp3) is 0.182. The number of hydrogen-bond donors (Lipinski definition) is 2. The highest BCUT2D eigenvalue weighted by atomic mass is 16.5. The molecule has 0 unspecified atom stereocenters. The number of carbonyl (C=O) groups is 2. The van der Waals surface area contributed by atoms with Crippen molar-refractivity contribution in [3.8, 4) is 0 Å². The molecule has 1 amide bonds. The number of carbonyl (C=O) groups excluding carboxylic acids is 2. The molecule has 1 aliphatic rings. The molecule has 1 saturated carbocycles. The largest absolute Gasteiger partial charge is 0.444 e. The summed E-state index contributed by atoms with van der Waals surface area (Å²) in [6.07, 6.45) is 3.45. The molecule has 3 aromatic rings. The summed E-state index contributed by atoms with van der Waals surface area (Å²) in [5.41, 5.74) is 9.03. The summed E-state index contributed by atoms with van der Waals surface area (Å²) in [7, 11) is 0. The maximum atomic E-state index is 12.4. The molecule has 6 nitrogen and oxygen atoms in total. The van der Waals surface area contributed by atoms with Gasteiger partial charge < -0.3 is 15.8 Å². The van der Waals surface area contributed by atoms with Gasteiger partial charge in [-0.2, -0.15) is 0 Å². The summed E-state index contributed by atoms with van der Waals surface area (Å²) in [6.45, 7) is 0.177. The van der Waals surface area contributed by atoms with Crippen molar-refractivity contribution in [3.05, 3.63) is 89.7 Å². The molecule has 0 radical (unpaired) electrons. The third kappa shape index (κ3) is 4.13. The summed E-state index contributed by atoms with van der Waals surface area (Å²) in [6, 6.07) is 19.0. The van der Waals surface area contributed by atoms with E-state index in [0.717, 1.165) is 12.0 Å². The van der Waals surface area contributed by atoms with E-state index in [-0.39, 0.29) is 18.6 Å². The number of ether oxygens (including phenoxy) is 1. The first-order valence-corrected chi connectivity index (χ1v) is 9.16. The molecule has 28 heavy (non-hydrogen) atoms. The fourth-order valence-corrected chi connectivity index (χ4v) is 3.05. The monoisotopic (exact) mass is 375 g/mol. The molecule has 0 spiro atoms. The molecular formula is C22H21N3O3. The van der Waals surface area contributed by atoms with Gasteiger partial charge in [0, 0.05) is 30.0 Å². The van der Waals surface area contributed by atoms with Crippen molar-refractivity contribution in [1.82, 2.24) is 4.57 Å². The summed E-state index contributed by atoms with van der Waals surface area (Å²) < 4.78 is 6.52. The van der Waals surface area contributed by atoms with Gasteiger partial charge in [-0.3, -0.25) is 9.36 Å². The van der Waals surface area contributed by atoms with E-state index >= 15 is 0 Å². The molecule has 1 fully saturated rings. The number of nitrogens with two attached hydrogens (primary N) is 1. The lowest BCUT2D eigenvalue weighted by molar-refractivity contribution is 0.102. The molecule has 0 saturated heterocycles. The Labute approximate surface area is 162 Å². The first-order valence-electron chi connectivity index (χ1n) is 9.16. The van der Waals surface area contributed by atoms with E-state index in [4.69, 9.17) is 10.5 Å². The number of hydrogen-bond acceptors (Lipinski definition) is 4. The highest BCUT2D eigenvalue weighted by Crippen LogP contribution is 2.39. The van der Waals surface area contributed by atoms with Gasteiger partial charge in [-0.15, -0.1) is 0 Å². The van der Waals surface area contributed by atoms with Gasteiger partial charge in [-0.25, -0.2) is 4.79 Å². The van der Waals surface area contributed by atoms with Crippen LogP contribution in [0.4, 0.5) is 10.5 Å². The fourth-order valence-electron chi connectivity index (χ4n) is 3.05. The zero-order valence-electron chi connectivity index (χ0n) is 15.2. The third-order valence-corrected chi connectivity index (χ3v) is 4.81. The minimum Gasteiger partial charge on any atom is -0.444 e. The highest BCUT2D eigenvalue weighted by molar-refractivity contribution is 6.04. The normalized spacial score (nSPS) is 17.8. The minimum atomic E-state index is -0.534.